The summed E-state index contributed by atoms with van der Waals surface area (Å²) in [7, 11) is 0. The van der Waals surface area contributed by atoms with Crippen LogP contribution in [0, 0.1) is 10.8 Å². The van der Waals surface area contributed by atoms with Gasteiger partial charge in [-0.2, -0.15) is 0 Å². The molecule has 0 radical (unpaired) electrons. The van der Waals surface area contributed by atoms with Gasteiger partial charge in [0.2, 0.25) is 0 Å². The molecular weight excluding hydrogens is 190 g/mol. The average Bonchev–Trinajstić information content (AvgIpc) is 2.09. The topological polar surface area (TPSA) is 70.6 Å². The smallest absolute Gasteiger partial charge is 0.144 e. The fraction of sp³-hybridized carbons (Fsp3) is 0.909. The molecule has 0 aliphatic rings. The Bertz CT molecular complexity index is 216. The van der Waals surface area contributed by atoms with Crippen molar-refractivity contribution in [2.24, 2.45) is 21.7 Å². The lowest BCUT2D eigenvalue weighted by Crippen LogP contribution is -2.36. The molecule has 0 aromatic rings. The van der Waals surface area contributed by atoms with Gasteiger partial charge in [-0.05, 0) is 24.9 Å². The van der Waals surface area contributed by atoms with Crippen LogP contribution in [0.4, 0.5) is 0 Å². The van der Waals surface area contributed by atoms with E-state index in [1.54, 1.807) is 0 Å². The molecule has 0 saturated carbocycles. The van der Waals surface area contributed by atoms with E-state index < -0.39 is 0 Å². The van der Waals surface area contributed by atoms with Crippen LogP contribution in [0.3, 0.4) is 0 Å². The lowest BCUT2D eigenvalue weighted by molar-refractivity contribution is 0.303. The van der Waals surface area contributed by atoms with E-state index in [0.717, 1.165) is 19.5 Å². The number of oxime groups is 1. The SMILES string of the molecule is CC(C)(C)CNCCC(C)(C)C(N)=NO. The largest absolute Gasteiger partial charge is 0.409 e. The molecule has 0 aromatic carbocycles. The standard InChI is InChI=1S/C11H25N3O/c1-10(2,3)8-13-7-6-11(4,5)9(12)14-15/h13,15H,6-8H2,1-5H3,(H2,12,14). The molecule has 0 amide bonds. The lowest BCUT2D eigenvalue weighted by atomic mass is 9.88. The first-order valence-corrected chi connectivity index (χ1v) is 5.38. The van der Waals surface area contributed by atoms with Gasteiger partial charge in [-0.15, -0.1) is 0 Å². The third kappa shape index (κ3) is 6.33. The molecule has 0 spiro atoms. The van der Waals surface area contributed by atoms with Gasteiger partial charge in [0.15, 0.2) is 0 Å². The van der Waals surface area contributed by atoms with Crippen molar-refractivity contribution in [2.45, 2.75) is 41.0 Å². The molecule has 0 aromatic heterocycles. The summed E-state index contributed by atoms with van der Waals surface area (Å²) in [6, 6.07) is 0. The van der Waals surface area contributed by atoms with Crippen molar-refractivity contribution in [2.75, 3.05) is 13.1 Å². The highest BCUT2D eigenvalue weighted by molar-refractivity contribution is 5.85. The van der Waals surface area contributed by atoms with Crippen molar-refractivity contribution >= 4 is 5.84 Å². The lowest BCUT2D eigenvalue weighted by Gasteiger charge is -2.24. The van der Waals surface area contributed by atoms with Crippen molar-refractivity contribution < 1.29 is 5.21 Å². The van der Waals surface area contributed by atoms with Crippen LogP contribution in [0.15, 0.2) is 5.16 Å². The van der Waals surface area contributed by atoms with E-state index in [1.807, 2.05) is 13.8 Å². The fourth-order valence-electron chi connectivity index (χ4n) is 1.13. The number of rotatable bonds is 5. The van der Waals surface area contributed by atoms with Crippen molar-refractivity contribution in [1.82, 2.24) is 5.32 Å². The highest BCUT2D eigenvalue weighted by atomic mass is 16.4. The van der Waals surface area contributed by atoms with Crippen LogP contribution in [-0.4, -0.2) is 24.1 Å². The molecule has 0 unspecified atom stereocenters. The minimum Gasteiger partial charge on any atom is -0.409 e. The summed E-state index contributed by atoms with van der Waals surface area (Å²) < 4.78 is 0. The summed E-state index contributed by atoms with van der Waals surface area (Å²) in [6.45, 7) is 12.4. The van der Waals surface area contributed by atoms with Gasteiger partial charge in [0.1, 0.15) is 5.84 Å². The van der Waals surface area contributed by atoms with E-state index in [1.165, 1.54) is 0 Å². The second kappa shape index (κ2) is 5.35. The van der Waals surface area contributed by atoms with Crippen molar-refractivity contribution in [1.29, 1.82) is 0 Å². The molecule has 0 aliphatic heterocycles. The maximum Gasteiger partial charge on any atom is 0.144 e. The molecule has 0 fully saturated rings. The summed E-state index contributed by atoms with van der Waals surface area (Å²) in [6.07, 6.45) is 0.860. The maximum atomic E-state index is 8.60. The van der Waals surface area contributed by atoms with Gasteiger partial charge < -0.3 is 16.3 Å². The summed E-state index contributed by atoms with van der Waals surface area (Å²) in [5, 5.41) is 15.0. The Kier molecular flexibility index (Phi) is 5.08. The molecular formula is C11H25N3O. The molecule has 4 N–H and O–H groups in total. The summed E-state index contributed by atoms with van der Waals surface area (Å²) in [5.74, 6) is 0.292. The molecule has 0 saturated heterocycles. The summed E-state index contributed by atoms with van der Waals surface area (Å²) >= 11 is 0. The molecule has 15 heavy (non-hydrogen) atoms. The van der Waals surface area contributed by atoms with Crippen LogP contribution in [0.2, 0.25) is 0 Å². The first-order chi connectivity index (χ1) is 6.69. The van der Waals surface area contributed by atoms with Gasteiger partial charge in [-0.25, -0.2) is 0 Å². The number of amidine groups is 1. The number of nitrogens with zero attached hydrogens (tertiary/aromatic N) is 1. The first-order valence-electron chi connectivity index (χ1n) is 5.38. The normalized spacial score (nSPS) is 14.3. The Morgan fingerprint density at radius 1 is 1.27 bits per heavy atom. The summed E-state index contributed by atoms with van der Waals surface area (Å²) in [4.78, 5) is 0. The van der Waals surface area contributed by atoms with Crippen LogP contribution >= 0.6 is 0 Å². The Morgan fingerprint density at radius 2 is 1.80 bits per heavy atom. The third-order valence-electron chi connectivity index (χ3n) is 2.38. The highest BCUT2D eigenvalue weighted by Crippen LogP contribution is 2.19. The fourth-order valence-corrected chi connectivity index (χ4v) is 1.13. The van der Waals surface area contributed by atoms with E-state index in [0.29, 0.717) is 11.3 Å². The van der Waals surface area contributed by atoms with Gasteiger partial charge in [0, 0.05) is 5.41 Å². The summed E-state index contributed by atoms with van der Waals surface area (Å²) in [5.41, 5.74) is 5.63. The number of hydrogen-bond donors (Lipinski definition) is 3. The predicted molar refractivity (Wildman–Crippen MR) is 64.1 cm³/mol. The molecule has 0 rings (SSSR count). The van der Waals surface area contributed by atoms with Gasteiger partial charge in [0.05, 0.1) is 0 Å². The van der Waals surface area contributed by atoms with Crippen LogP contribution < -0.4 is 11.1 Å². The van der Waals surface area contributed by atoms with E-state index in [9.17, 15) is 0 Å². The molecule has 0 atom stereocenters. The van der Waals surface area contributed by atoms with Crippen LogP contribution in [0.5, 0.6) is 0 Å². The number of nitrogens with two attached hydrogens (primary N) is 1. The van der Waals surface area contributed by atoms with Crippen molar-refractivity contribution in [3.05, 3.63) is 0 Å². The highest BCUT2D eigenvalue weighted by Gasteiger charge is 2.23. The minimum absolute atomic E-state index is 0.250. The average molecular weight is 215 g/mol. The van der Waals surface area contributed by atoms with E-state index in [4.69, 9.17) is 10.9 Å². The van der Waals surface area contributed by atoms with Crippen LogP contribution in [0.25, 0.3) is 0 Å². The molecule has 4 nitrogen and oxygen atoms in total. The molecule has 0 aliphatic carbocycles. The third-order valence-corrected chi connectivity index (χ3v) is 2.38. The van der Waals surface area contributed by atoms with Crippen molar-refractivity contribution in [3.8, 4) is 0 Å². The zero-order valence-electron chi connectivity index (χ0n) is 10.6. The quantitative estimate of drug-likeness (QED) is 0.215. The van der Waals surface area contributed by atoms with E-state index in [-0.39, 0.29) is 5.41 Å². The monoisotopic (exact) mass is 215 g/mol. The zero-order valence-corrected chi connectivity index (χ0v) is 10.6. The van der Waals surface area contributed by atoms with Crippen LogP contribution in [-0.2, 0) is 0 Å². The minimum atomic E-state index is -0.250. The number of nitrogens with one attached hydrogen (secondary N) is 1. The van der Waals surface area contributed by atoms with Gasteiger partial charge >= 0.3 is 0 Å². The Labute approximate surface area is 92.9 Å². The van der Waals surface area contributed by atoms with Gasteiger partial charge in [-0.1, -0.05) is 39.8 Å². The van der Waals surface area contributed by atoms with Gasteiger partial charge in [-0.3, -0.25) is 0 Å². The van der Waals surface area contributed by atoms with E-state index >= 15 is 0 Å². The van der Waals surface area contributed by atoms with Crippen molar-refractivity contribution in [3.63, 3.8) is 0 Å². The Hall–Kier alpha value is -0.770. The molecule has 4 heteroatoms. The second-order valence-corrected chi connectivity index (χ2v) is 5.86. The van der Waals surface area contributed by atoms with Gasteiger partial charge in [0.25, 0.3) is 0 Å². The van der Waals surface area contributed by atoms with E-state index in [2.05, 4.69) is 31.2 Å². The Balaban J connectivity index is 3.87. The number of hydrogen-bond acceptors (Lipinski definition) is 3. The molecule has 0 bridgehead atoms. The molecule has 90 valence electrons. The molecule has 0 heterocycles. The first kappa shape index (κ1) is 14.2. The predicted octanol–water partition coefficient (Wildman–Crippen LogP) is 1.78. The second-order valence-electron chi connectivity index (χ2n) is 5.86. The maximum absolute atomic E-state index is 8.60. The Morgan fingerprint density at radius 3 is 2.20 bits per heavy atom. The van der Waals surface area contributed by atoms with Crippen LogP contribution in [0.1, 0.15) is 41.0 Å². The zero-order chi connectivity index (χ0) is 12.1.